The second kappa shape index (κ2) is 9.69. The van der Waals surface area contributed by atoms with E-state index in [2.05, 4.69) is 29.8 Å². The van der Waals surface area contributed by atoms with E-state index in [9.17, 15) is 14.7 Å². The van der Waals surface area contributed by atoms with Gasteiger partial charge in [0.2, 0.25) is 5.91 Å². The van der Waals surface area contributed by atoms with Crippen LogP contribution >= 0.6 is 11.3 Å². The third kappa shape index (κ3) is 4.83. The molecule has 4 N–H and O–H groups in total. The van der Waals surface area contributed by atoms with E-state index >= 15 is 0 Å². The number of nitrogens with one attached hydrogen (secondary N) is 3. The van der Waals surface area contributed by atoms with Gasteiger partial charge < -0.3 is 21.1 Å². The van der Waals surface area contributed by atoms with E-state index in [-0.39, 0.29) is 47.1 Å². The van der Waals surface area contributed by atoms with Crippen LogP contribution in [0.15, 0.2) is 17.5 Å². The van der Waals surface area contributed by atoms with Crippen LogP contribution in [0.4, 0.5) is 4.79 Å². The minimum atomic E-state index is -0.542. The zero-order chi connectivity index (χ0) is 21.9. The highest BCUT2D eigenvalue weighted by Crippen LogP contribution is 2.55. The molecule has 0 bridgehead atoms. The Morgan fingerprint density at radius 1 is 1.30 bits per heavy atom. The van der Waals surface area contributed by atoms with E-state index in [1.54, 1.807) is 11.3 Å². The molecule has 2 saturated carbocycles. The molecule has 7 atom stereocenters. The maximum Gasteiger partial charge on any atom is 0.315 e. The molecule has 3 rings (SSSR count). The number of urea groups is 1. The number of amides is 3. The average molecular weight is 436 g/mol. The van der Waals surface area contributed by atoms with Crippen molar-refractivity contribution < 1.29 is 14.7 Å². The lowest BCUT2D eigenvalue weighted by molar-refractivity contribution is -0.142. The summed E-state index contributed by atoms with van der Waals surface area (Å²) >= 11 is 1.63. The third-order valence-electron chi connectivity index (χ3n) is 7.61. The predicted molar refractivity (Wildman–Crippen MR) is 120 cm³/mol. The summed E-state index contributed by atoms with van der Waals surface area (Å²) in [6.45, 7) is 9.40. The first-order chi connectivity index (χ1) is 14.3. The zero-order valence-electron chi connectivity index (χ0n) is 18.6. The molecule has 3 amide bonds. The average Bonchev–Trinajstić information content (AvgIpc) is 3.22. The van der Waals surface area contributed by atoms with Crippen LogP contribution in [0.3, 0.4) is 0 Å². The molecule has 2 aliphatic carbocycles. The second-order valence-electron chi connectivity index (χ2n) is 9.47. The molecule has 0 aromatic carbocycles. The van der Waals surface area contributed by atoms with E-state index in [0.717, 1.165) is 30.6 Å². The van der Waals surface area contributed by atoms with E-state index < -0.39 is 6.10 Å². The number of thiophene rings is 1. The van der Waals surface area contributed by atoms with E-state index in [4.69, 9.17) is 0 Å². The first-order valence-corrected chi connectivity index (χ1v) is 12.2. The molecule has 1 aromatic rings. The number of carbonyl (C=O) groups is 2. The van der Waals surface area contributed by atoms with Crippen LogP contribution in [0.5, 0.6) is 0 Å². The van der Waals surface area contributed by atoms with Crippen molar-refractivity contribution in [2.24, 2.45) is 29.1 Å². The first kappa shape index (κ1) is 23.1. The van der Waals surface area contributed by atoms with Gasteiger partial charge in [0.05, 0.1) is 12.6 Å². The number of hydrogen-bond acceptors (Lipinski definition) is 4. The van der Waals surface area contributed by atoms with Gasteiger partial charge in [-0.05, 0) is 67.2 Å². The van der Waals surface area contributed by atoms with Crippen LogP contribution in [0.25, 0.3) is 0 Å². The van der Waals surface area contributed by atoms with Crippen molar-refractivity contribution in [3.8, 4) is 0 Å². The lowest BCUT2D eigenvalue weighted by atomic mass is 9.52. The molecule has 0 saturated heterocycles. The highest BCUT2D eigenvalue weighted by Gasteiger charge is 2.53. The summed E-state index contributed by atoms with van der Waals surface area (Å²) < 4.78 is 0. The lowest BCUT2D eigenvalue weighted by Crippen LogP contribution is -2.59. The largest absolute Gasteiger partial charge is 0.392 e. The van der Waals surface area contributed by atoms with Crippen LogP contribution in [0.1, 0.15) is 58.3 Å². The Morgan fingerprint density at radius 2 is 2.03 bits per heavy atom. The Balaban J connectivity index is 1.66. The van der Waals surface area contributed by atoms with Gasteiger partial charge in [0.25, 0.3) is 0 Å². The van der Waals surface area contributed by atoms with Crippen molar-refractivity contribution >= 4 is 23.3 Å². The van der Waals surface area contributed by atoms with Gasteiger partial charge in [0.1, 0.15) is 0 Å². The number of aliphatic hydroxyl groups excluding tert-OH is 1. The van der Waals surface area contributed by atoms with Crippen molar-refractivity contribution in [2.75, 3.05) is 6.54 Å². The summed E-state index contributed by atoms with van der Waals surface area (Å²) in [6, 6.07) is 3.91. The summed E-state index contributed by atoms with van der Waals surface area (Å²) in [5.74, 6) is -0.0583. The number of rotatable bonds is 6. The van der Waals surface area contributed by atoms with Crippen molar-refractivity contribution in [2.45, 2.75) is 72.1 Å². The van der Waals surface area contributed by atoms with Gasteiger partial charge in [-0.2, -0.15) is 0 Å². The van der Waals surface area contributed by atoms with E-state index in [0.29, 0.717) is 13.1 Å². The van der Waals surface area contributed by atoms with Crippen LogP contribution in [-0.2, 0) is 11.3 Å². The monoisotopic (exact) mass is 435 g/mol. The maximum absolute atomic E-state index is 12.8. The zero-order valence-corrected chi connectivity index (χ0v) is 19.4. The molecular formula is C23H37N3O3S. The number of fused-ring (bicyclic) bond motifs is 1. The highest BCUT2D eigenvalue weighted by molar-refractivity contribution is 7.09. The smallest absolute Gasteiger partial charge is 0.315 e. The molecule has 2 fully saturated rings. The standard InChI is InChI=1S/C23H37N3O3S/c1-5-24-22(29)26-18-9-11-23(4)10-8-17(20(27)19(23)15(18)3)14(2)21(28)25-13-16-7-6-12-30-16/h6-7,12,14-15,17-20,27H,5,8-11,13H2,1-4H3,(H,25,28)(H2,24,26,29)/t14-,15+,17?,18-,19+,20-,23-/m0/s1. The molecule has 1 unspecified atom stereocenters. The minimum absolute atomic E-state index is 0.0107. The fourth-order valence-electron chi connectivity index (χ4n) is 5.82. The van der Waals surface area contributed by atoms with Gasteiger partial charge in [-0.3, -0.25) is 4.79 Å². The Morgan fingerprint density at radius 3 is 2.70 bits per heavy atom. The van der Waals surface area contributed by atoms with E-state index in [1.165, 1.54) is 0 Å². The number of carbonyl (C=O) groups excluding carboxylic acids is 2. The van der Waals surface area contributed by atoms with Gasteiger partial charge in [0, 0.05) is 23.4 Å². The molecular weight excluding hydrogens is 398 g/mol. The molecule has 0 aliphatic heterocycles. The molecule has 0 spiro atoms. The molecule has 1 aromatic heterocycles. The lowest BCUT2D eigenvalue weighted by Gasteiger charge is -2.56. The Labute approximate surface area is 184 Å². The highest BCUT2D eigenvalue weighted by atomic mass is 32.1. The molecule has 0 radical (unpaired) electrons. The summed E-state index contributed by atoms with van der Waals surface area (Å²) in [5.41, 5.74) is 0.0575. The minimum Gasteiger partial charge on any atom is -0.392 e. The van der Waals surface area contributed by atoms with Crippen LogP contribution in [0, 0.1) is 29.1 Å². The Kier molecular flexibility index (Phi) is 7.45. The van der Waals surface area contributed by atoms with E-state index in [1.807, 2.05) is 31.4 Å². The molecule has 168 valence electrons. The summed E-state index contributed by atoms with van der Waals surface area (Å²) in [6.07, 6.45) is 3.25. The summed E-state index contributed by atoms with van der Waals surface area (Å²) in [4.78, 5) is 26.0. The number of hydrogen-bond donors (Lipinski definition) is 4. The number of aliphatic hydroxyl groups is 1. The fraction of sp³-hybridized carbons (Fsp3) is 0.739. The van der Waals surface area contributed by atoms with Crippen LogP contribution in [0.2, 0.25) is 0 Å². The molecule has 1 heterocycles. The van der Waals surface area contributed by atoms with Gasteiger partial charge in [0.15, 0.2) is 0 Å². The van der Waals surface area contributed by atoms with Gasteiger partial charge in [-0.25, -0.2) is 4.79 Å². The summed E-state index contributed by atoms with van der Waals surface area (Å²) in [5, 5.41) is 22.4. The Hall–Kier alpha value is -1.60. The predicted octanol–water partition coefficient (Wildman–Crippen LogP) is 3.51. The first-order valence-electron chi connectivity index (χ1n) is 11.3. The SMILES string of the molecule is CCNC(=O)N[C@H]1CC[C@]2(C)CCC([C@H](C)C(=O)NCc3cccs3)[C@H](O)[C@H]2[C@@H]1C. The second-order valence-corrected chi connectivity index (χ2v) is 10.5. The van der Waals surface area contributed by atoms with Gasteiger partial charge in [-0.1, -0.05) is 26.8 Å². The molecule has 30 heavy (non-hydrogen) atoms. The quantitative estimate of drug-likeness (QED) is 0.551. The van der Waals surface area contributed by atoms with Crippen LogP contribution in [-0.4, -0.2) is 35.7 Å². The molecule has 6 nitrogen and oxygen atoms in total. The normalized spacial score (nSPS) is 34.5. The van der Waals surface area contributed by atoms with Crippen LogP contribution < -0.4 is 16.0 Å². The van der Waals surface area contributed by atoms with Gasteiger partial charge in [-0.15, -0.1) is 11.3 Å². The van der Waals surface area contributed by atoms with Gasteiger partial charge >= 0.3 is 6.03 Å². The fourth-order valence-corrected chi connectivity index (χ4v) is 6.46. The maximum atomic E-state index is 12.8. The molecule has 7 heteroatoms. The topological polar surface area (TPSA) is 90.5 Å². The van der Waals surface area contributed by atoms with Crippen molar-refractivity contribution in [3.63, 3.8) is 0 Å². The van der Waals surface area contributed by atoms with Crippen molar-refractivity contribution in [3.05, 3.63) is 22.4 Å². The van der Waals surface area contributed by atoms with Crippen molar-refractivity contribution in [1.29, 1.82) is 0 Å². The Bertz CT molecular complexity index is 725. The summed E-state index contributed by atoms with van der Waals surface area (Å²) in [7, 11) is 0. The van der Waals surface area contributed by atoms with Crippen molar-refractivity contribution in [1.82, 2.24) is 16.0 Å². The third-order valence-corrected chi connectivity index (χ3v) is 8.49. The molecule has 2 aliphatic rings.